The fourth-order valence-electron chi connectivity index (χ4n) is 4.91. The summed E-state index contributed by atoms with van der Waals surface area (Å²) in [7, 11) is 2.15. The van der Waals surface area contributed by atoms with Gasteiger partial charge in [-0.05, 0) is 55.4 Å². The second-order valence-electron chi connectivity index (χ2n) is 9.04. The maximum Gasteiger partial charge on any atom is 0.254 e. The molecule has 4 aromatic rings. The first-order valence-electron chi connectivity index (χ1n) is 11.6. The Morgan fingerprint density at radius 2 is 1.82 bits per heavy atom. The zero-order valence-electron chi connectivity index (χ0n) is 19.4. The van der Waals surface area contributed by atoms with Crippen LogP contribution in [0.15, 0.2) is 54.9 Å². The van der Waals surface area contributed by atoms with Gasteiger partial charge >= 0.3 is 0 Å². The van der Waals surface area contributed by atoms with E-state index in [1.807, 2.05) is 48.1 Å². The first kappa shape index (κ1) is 20.7. The van der Waals surface area contributed by atoms with Gasteiger partial charge in [0.05, 0.1) is 34.8 Å². The van der Waals surface area contributed by atoms with Crippen LogP contribution in [0.3, 0.4) is 0 Å². The zero-order chi connectivity index (χ0) is 23.2. The third-order valence-electron chi connectivity index (χ3n) is 6.87. The highest BCUT2D eigenvalue weighted by Crippen LogP contribution is 2.37. The number of piperazine rings is 1. The van der Waals surface area contributed by atoms with Crippen LogP contribution in [0.25, 0.3) is 16.6 Å². The van der Waals surface area contributed by atoms with Crippen LogP contribution >= 0.6 is 0 Å². The van der Waals surface area contributed by atoms with Gasteiger partial charge in [-0.15, -0.1) is 0 Å². The quantitative estimate of drug-likeness (QED) is 0.493. The van der Waals surface area contributed by atoms with Gasteiger partial charge in [0.25, 0.3) is 5.91 Å². The molecule has 8 nitrogen and oxygen atoms in total. The fraction of sp³-hybridized carbons (Fsp3) is 0.269. The van der Waals surface area contributed by atoms with Crippen LogP contribution in [0, 0.1) is 6.92 Å². The normalized spacial score (nSPS) is 16.1. The Morgan fingerprint density at radius 3 is 2.62 bits per heavy atom. The molecule has 172 valence electrons. The van der Waals surface area contributed by atoms with Crippen molar-refractivity contribution in [3.63, 3.8) is 0 Å². The number of fused-ring (bicyclic) bond motifs is 2. The number of carbonyl (C=O) groups is 1. The largest absolute Gasteiger partial charge is 0.368 e. The zero-order valence-corrected chi connectivity index (χ0v) is 19.4. The van der Waals surface area contributed by atoms with Gasteiger partial charge in [0.1, 0.15) is 5.82 Å². The first-order chi connectivity index (χ1) is 16.6. The molecular weight excluding hydrogens is 426 g/mol. The molecule has 6 rings (SSSR count). The predicted molar refractivity (Wildman–Crippen MR) is 134 cm³/mol. The standard InChI is InChI=1S/C26H27N7O/c1-17-4-3-5-23-20(16-29-33(17)23)19-7-8-22(25-21(19)15-28-26(25)34)30-24-9-6-18(14-27-24)32-12-10-31(2)11-13-32/h3-9,14,16H,10-13,15H2,1-2H3,(H,27,30)(H,28,34). The van der Waals surface area contributed by atoms with Gasteiger partial charge in [-0.2, -0.15) is 5.10 Å². The SMILES string of the molecule is Cc1cccc2c(-c3ccc(Nc4ccc(N5CCN(C)CC5)cn4)c4c3CNC4=O)cnn12. The van der Waals surface area contributed by atoms with Crippen molar-refractivity contribution in [2.24, 2.45) is 0 Å². The van der Waals surface area contributed by atoms with Crippen LogP contribution < -0.4 is 15.5 Å². The molecule has 2 N–H and O–H groups in total. The summed E-state index contributed by atoms with van der Waals surface area (Å²) in [5.74, 6) is 0.653. The molecule has 0 unspecified atom stereocenters. The Labute approximate surface area is 198 Å². The molecule has 1 amide bonds. The van der Waals surface area contributed by atoms with E-state index in [-0.39, 0.29) is 5.91 Å². The monoisotopic (exact) mass is 453 g/mol. The lowest BCUT2D eigenvalue weighted by Gasteiger charge is -2.33. The van der Waals surface area contributed by atoms with Crippen molar-refractivity contribution >= 4 is 28.6 Å². The molecule has 2 aliphatic rings. The van der Waals surface area contributed by atoms with E-state index < -0.39 is 0 Å². The van der Waals surface area contributed by atoms with E-state index in [2.05, 4.69) is 55.8 Å². The molecular formula is C26H27N7O. The van der Waals surface area contributed by atoms with Crippen LogP contribution in [0.2, 0.25) is 0 Å². The van der Waals surface area contributed by atoms with Crippen molar-refractivity contribution in [3.8, 4) is 11.1 Å². The summed E-state index contributed by atoms with van der Waals surface area (Å²) < 4.78 is 1.93. The minimum absolute atomic E-state index is 0.0685. The molecule has 8 heteroatoms. The van der Waals surface area contributed by atoms with Crippen molar-refractivity contribution in [1.82, 2.24) is 24.8 Å². The molecule has 1 saturated heterocycles. The Kier molecular flexibility index (Phi) is 4.95. The lowest BCUT2D eigenvalue weighted by molar-refractivity contribution is 0.0966. The maximum atomic E-state index is 12.8. The van der Waals surface area contributed by atoms with Crippen LogP contribution in [0.4, 0.5) is 17.2 Å². The van der Waals surface area contributed by atoms with Crippen molar-refractivity contribution < 1.29 is 4.79 Å². The van der Waals surface area contributed by atoms with E-state index in [0.717, 1.165) is 71.3 Å². The third kappa shape index (κ3) is 3.47. The van der Waals surface area contributed by atoms with Crippen molar-refractivity contribution in [2.45, 2.75) is 13.5 Å². The van der Waals surface area contributed by atoms with Gasteiger partial charge in [-0.1, -0.05) is 12.1 Å². The fourth-order valence-corrected chi connectivity index (χ4v) is 4.91. The highest BCUT2D eigenvalue weighted by molar-refractivity contribution is 6.06. The van der Waals surface area contributed by atoms with Gasteiger partial charge in [0.2, 0.25) is 0 Å². The number of likely N-dealkylation sites (N-methyl/N-ethyl adjacent to an activating group) is 1. The molecule has 0 aliphatic carbocycles. The van der Waals surface area contributed by atoms with E-state index in [9.17, 15) is 4.79 Å². The summed E-state index contributed by atoms with van der Waals surface area (Å²) in [6, 6.07) is 14.2. The summed E-state index contributed by atoms with van der Waals surface area (Å²) >= 11 is 0. The Bertz CT molecular complexity index is 1380. The highest BCUT2D eigenvalue weighted by Gasteiger charge is 2.27. The van der Waals surface area contributed by atoms with E-state index >= 15 is 0 Å². The van der Waals surface area contributed by atoms with Crippen LogP contribution in [-0.4, -0.2) is 58.6 Å². The molecule has 1 fully saturated rings. The summed E-state index contributed by atoms with van der Waals surface area (Å²) in [6.07, 6.45) is 3.79. The number of nitrogens with one attached hydrogen (secondary N) is 2. The lowest BCUT2D eigenvalue weighted by Crippen LogP contribution is -2.44. The van der Waals surface area contributed by atoms with Crippen LogP contribution in [-0.2, 0) is 6.54 Å². The van der Waals surface area contributed by atoms with Gasteiger partial charge in [0.15, 0.2) is 0 Å². The summed E-state index contributed by atoms with van der Waals surface area (Å²) in [5, 5.41) is 10.9. The summed E-state index contributed by atoms with van der Waals surface area (Å²) in [4.78, 5) is 22.1. The number of amides is 1. The van der Waals surface area contributed by atoms with Crippen molar-refractivity contribution in [1.29, 1.82) is 0 Å². The number of rotatable bonds is 4. The molecule has 2 aliphatic heterocycles. The molecule has 3 aromatic heterocycles. The topological polar surface area (TPSA) is 77.8 Å². The average molecular weight is 454 g/mol. The highest BCUT2D eigenvalue weighted by atomic mass is 16.1. The van der Waals surface area contributed by atoms with E-state index in [0.29, 0.717) is 12.1 Å². The number of carbonyl (C=O) groups excluding carboxylic acids is 1. The Hall–Kier alpha value is -3.91. The number of hydrogen-bond donors (Lipinski definition) is 2. The minimum Gasteiger partial charge on any atom is -0.368 e. The first-order valence-corrected chi connectivity index (χ1v) is 11.6. The van der Waals surface area contributed by atoms with E-state index in [1.165, 1.54) is 0 Å². The minimum atomic E-state index is -0.0685. The molecule has 0 atom stereocenters. The molecule has 0 spiro atoms. The van der Waals surface area contributed by atoms with Gasteiger partial charge < -0.3 is 20.4 Å². The van der Waals surface area contributed by atoms with Gasteiger partial charge in [0, 0.05) is 44.0 Å². The van der Waals surface area contributed by atoms with Crippen LogP contribution in [0.5, 0.6) is 0 Å². The molecule has 5 heterocycles. The Balaban J connectivity index is 1.31. The molecule has 0 bridgehead atoms. The number of benzene rings is 1. The molecule has 1 aromatic carbocycles. The lowest BCUT2D eigenvalue weighted by atomic mass is 9.96. The van der Waals surface area contributed by atoms with Gasteiger partial charge in [-0.25, -0.2) is 9.50 Å². The average Bonchev–Trinajstić information content (AvgIpc) is 3.46. The molecule has 34 heavy (non-hydrogen) atoms. The number of aromatic nitrogens is 3. The summed E-state index contributed by atoms with van der Waals surface area (Å²) in [6.45, 7) is 6.65. The third-order valence-corrected chi connectivity index (χ3v) is 6.87. The smallest absolute Gasteiger partial charge is 0.254 e. The Morgan fingerprint density at radius 1 is 0.971 bits per heavy atom. The van der Waals surface area contributed by atoms with Crippen LogP contribution in [0.1, 0.15) is 21.6 Å². The van der Waals surface area contributed by atoms with Crippen molar-refractivity contribution in [3.05, 3.63) is 71.7 Å². The predicted octanol–water partition coefficient (Wildman–Crippen LogP) is 3.44. The number of pyridine rings is 2. The molecule has 0 saturated carbocycles. The van der Waals surface area contributed by atoms with Gasteiger partial charge in [-0.3, -0.25) is 4.79 Å². The van der Waals surface area contributed by atoms with E-state index in [1.54, 1.807) is 0 Å². The maximum absolute atomic E-state index is 12.8. The number of aryl methyl sites for hydroxylation is 1. The molecule has 0 radical (unpaired) electrons. The summed E-state index contributed by atoms with van der Waals surface area (Å²) in [5.41, 5.74) is 7.70. The second kappa shape index (κ2) is 8.14. The number of nitrogens with zero attached hydrogens (tertiary/aromatic N) is 5. The second-order valence-corrected chi connectivity index (χ2v) is 9.04. The van der Waals surface area contributed by atoms with Crippen molar-refractivity contribution in [2.75, 3.05) is 43.4 Å². The number of anilines is 3. The van der Waals surface area contributed by atoms with E-state index in [4.69, 9.17) is 0 Å². The number of hydrogen-bond acceptors (Lipinski definition) is 6.